The van der Waals surface area contributed by atoms with E-state index in [4.69, 9.17) is 9.15 Å². The predicted molar refractivity (Wildman–Crippen MR) is 129 cm³/mol. The fourth-order valence-electron chi connectivity index (χ4n) is 4.80. The second-order valence-electron chi connectivity index (χ2n) is 9.08. The van der Waals surface area contributed by atoms with Crippen LogP contribution in [-0.2, 0) is 17.6 Å². The molecule has 0 saturated heterocycles. The molecule has 1 heterocycles. The van der Waals surface area contributed by atoms with Gasteiger partial charge in [-0.2, -0.15) is 0 Å². The molecular weight excluding hydrogens is 414 g/mol. The smallest absolute Gasteiger partial charge is 0.307 e. The summed E-state index contributed by atoms with van der Waals surface area (Å²) in [4.78, 5) is 16.5. The van der Waals surface area contributed by atoms with Crippen molar-refractivity contribution in [2.75, 3.05) is 6.61 Å². The monoisotopic (exact) mass is 447 g/mol. The summed E-state index contributed by atoms with van der Waals surface area (Å²) in [7, 11) is 0. The number of aliphatic carboxylic acids is 1. The molecule has 0 fully saturated rings. The Hall–Kier alpha value is -3.08. The SMILES string of the molecule is CCCCC(C(=O)O)C1CCc2cc(OCCc3nc(-c4ccc(C)cc4)oc3C)ccc21. The number of unbranched alkanes of at least 4 members (excludes halogenated alkanes) is 1. The van der Waals surface area contributed by atoms with Crippen LogP contribution in [0.4, 0.5) is 0 Å². The van der Waals surface area contributed by atoms with Crippen LogP contribution in [-0.4, -0.2) is 22.7 Å². The van der Waals surface area contributed by atoms with Crippen LogP contribution in [0.2, 0.25) is 0 Å². The molecule has 2 atom stereocenters. The van der Waals surface area contributed by atoms with E-state index < -0.39 is 5.97 Å². The number of aromatic nitrogens is 1. The van der Waals surface area contributed by atoms with Gasteiger partial charge in [0.2, 0.25) is 5.89 Å². The standard InChI is InChI=1S/C28H33NO4/c1-4-5-6-25(28(30)31)24-13-11-21-17-22(12-14-23(21)24)32-16-15-26-19(3)33-27(29-26)20-9-7-18(2)8-10-20/h7-10,12,14,17,24-25H,4-6,11,13,15-16H2,1-3H3,(H,30,31). The summed E-state index contributed by atoms with van der Waals surface area (Å²) in [6.07, 6.45) is 5.20. The number of rotatable bonds is 10. The fourth-order valence-corrected chi connectivity index (χ4v) is 4.80. The zero-order chi connectivity index (χ0) is 23.4. The molecule has 2 unspecified atom stereocenters. The van der Waals surface area contributed by atoms with Gasteiger partial charge in [0, 0.05) is 12.0 Å². The Labute approximate surface area is 195 Å². The third-order valence-corrected chi connectivity index (χ3v) is 6.71. The van der Waals surface area contributed by atoms with Gasteiger partial charge in [-0.05, 0) is 74.4 Å². The first-order valence-corrected chi connectivity index (χ1v) is 12.0. The molecule has 3 aromatic rings. The molecule has 0 aliphatic heterocycles. The summed E-state index contributed by atoms with van der Waals surface area (Å²) in [5.74, 6) is 1.43. The van der Waals surface area contributed by atoms with Crippen LogP contribution in [0.25, 0.3) is 11.5 Å². The molecule has 5 heteroatoms. The third kappa shape index (κ3) is 5.29. The van der Waals surface area contributed by atoms with E-state index >= 15 is 0 Å². The second-order valence-corrected chi connectivity index (χ2v) is 9.08. The maximum absolute atomic E-state index is 11.8. The maximum atomic E-state index is 11.8. The van der Waals surface area contributed by atoms with Gasteiger partial charge >= 0.3 is 5.97 Å². The summed E-state index contributed by atoms with van der Waals surface area (Å²) >= 11 is 0. The highest BCUT2D eigenvalue weighted by molar-refractivity contribution is 5.72. The van der Waals surface area contributed by atoms with Crippen molar-refractivity contribution in [3.63, 3.8) is 0 Å². The fraction of sp³-hybridized carbons (Fsp3) is 0.429. The number of carboxylic acids is 1. The van der Waals surface area contributed by atoms with E-state index in [2.05, 4.69) is 43.1 Å². The summed E-state index contributed by atoms with van der Waals surface area (Å²) in [5, 5.41) is 9.74. The molecule has 1 aromatic heterocycles. The molecule has 33 heavy (non-hydrogen) atoms. The van der Waals surface area contributed by atoms with Gasteiger partial charge in [0.25, 0.3) is 0 Å². The zero-order valence-corrected chi connectivity index (χ0v) is 19.8. The lowest BCUT2D eigenvalue weighted by Crippen LogP contribution is -2.20. The summed E-state index contributed by atoms with van der Waals surface area (Å²) in [6, 6.07) is 14.3. The molecule has 0 bridgehead atoms. The van der Waals surface area contributed by atoms with Crippen molar-refractivity contribution in [3.05, 3.63) is 70.6 Å². The number of nitrogens with zero attached hydrogens (tertiary/aromatic N) is 1. The van der Waals surface area contributed by atoms with Gasteiger partial charge in [0.15, 0.2) is 0 Å². The molecule has 0 amide bonds. The molecule has 1 N–H and O–H groups in total. The highest BCUT2D eigenvalue weighted by atomic mass is 16.5. The van der Waals surface area contributed by atoms with Crippen LogP contribution < -0.4 is 4.74 Å². The Morgan fingerprint density at radius 1 is 1.21 bits per heavy atom. The van der Waals surface area contributed by atoms with E-state index in [-0.39, 0.29) is 11.8 Å². The largest absolute Gasteiger partial charge is 0.493 e. The molecular formula is C28H33NO4. The molecule has 4 rings (SSSR count). The summed E-state index contributed by atoms with van der Waals surface area (Å²) in [5.41, 5.74) is 5.49. The minimum atomic E-state index is -0.672. The van der Waals surface area contributed by atoms with Crippen LogP contribution >= 0.6 is 0 Å². The Balaban J connectivity index is 1.38. The first kappa shape index (κ1) is 23.1. The second kappa shape index (κ2) is 10.2. The Morgan fingerprint density at radius 3 is 2.73 bits per heavy atom. The highest BCUT2D eigenvalue weighted by Gasteiger charge is 2.34. The van der Waals surface area contributed by atoms with E-state index in [0.717, 1.165) is 54.9 Å². The predicted octanol–water partition coefficient (Wildman–Crippen LogP) is 6.50. The van der Waals surface area contributed by atoms with Crippen molar-refractivity contribution in [2.45, 2.75) is 65.2 Å². The quantitative estimate of drug-likeness (QED) is 0.384. The van der Waals surface area contributed by atoms with Crippen molar-refractivity contribution >= 4 is 5.97 Å². The number of hydrogen-bond acceptors (Lipinski definition) is 4. The average Bonchev–Trinajstić information content (AvgIpc) is 3.38. The number of hydrogen-bond donors (Lipinski definition) is 1. The number of fused-ring (bicyclic) bond motifs is 1. The molecule has 5 nitrogen and oxygen atoms in total. The van der Waals surface area contributed by atoms with E-state index in [1.165, 1.54) is 16.7 Å². The van der Waals surface area contributed by atoms with Crippen LogP contribution in [0.15, 0.2) is 46.9 Å². The molecule has 0 saturated carbocycles. The molecule has 0 spiro atoms. The number of benzene rings is 2. The number of carboxylic acid groups (broad SMARTS) is 1. The average molecular weight is 448 g/mol. The first-order chi connectivity index (χ1) is 16.0. The normalized spacial score (nSPS) is 15.9. The van der Waals surface area contributed by atoms with Crippen LogP contribution in [0.3, 0.4) is 0 Å². The van der Waals surface area contributed by atoms with Crippen LogP contribution in [0, 0.1) is 19.8 Å². The number of aryl methyl sites for hydroxylation is 3. The molecule has 1 aliphatic carbocycles. The molecule has 1 aliphatic rings. The van der Waals surface area contributed by atoms with Crippen molar-refractivity contribution in [3.8, 4) is 17.2 Å². The summed E-state index contributed by atoms with van der Waals surface area (Å²) in [6.45, 7) is 6.61. The van der Waals surface area contributed by atoms with Crippen LogP contribution in [0.1, 0.15) is 66.7 Å². The maximum Gasteiger partial charge on any atom is 0.307 e. The van der Waals surface area contributed by atoms with Crippen LogP contribution in [0.5, 0.6) is 5.75 Å². The minimum absolute atomic E-state index is 0.107. The Morgan fingerprint density at radius 2 is 2.00 bits per heavy atom. The van der Waals surface area contributed by atoms with Crippen molar-refractivity contribution in [1.82, 2.24) is 4.98 Å². The molecule has 174 valence electrons. The molecule has 0 radical (unpaired) electrons. The van der Waals surface area contributed by atoms with E-state index in [0.29, 0.717) is 18.9 Å². The highest BCUT2D eigenvalue weighted by Crippen LogP contribution is 2.41. The lowest BCUT2D eigenvalue weighted by atomic mass is 9.84. The lowest BCUT2D eigenvalue weighted by molar-refractivity contribution is -0.142. The Bertz CT molecular complexity index is 1100. The first-order valence-electron chi connectivity index (χ1n) is 12.0. The van der Waals surface area contributed by atoms with Crippen molar-refractivity contribution in [2.24, 2.45) is 5.92 Å². The zero-order valence-electron chi connectivity index (χ0n) is 19.8. The number of carbonyl (C=O) groups is 1. The molecule has 2 aromatic carbocycles. The summed E-state index contributed by atoms with van der Waals surface area (Å²) < 4.78 is 11.9. The van der Waals surface area contributed by atoms with Gasteiger partial charge in [-0.3, -0.25) is 4.79 Å². The van der Waals surface area contributed by atoms with E-state index in [1.54, 1.807) is 0 Å². The minimum Gasteiger partial charge on any atom is -0.493 e. The van der Waals surface area contributed by atoms with Gasteiger partial charge in [-0.15, -0.1) is 0 Å². The topological polar surface area (TPSA) is 72.6 Å². The third-order valence-electron chi connectivity index (χ3n) is 6.71. The van der Waals surface area contributed by atoms with Gasteiger partial charge in [-0.1, -0.05) is 43.5 Å². The Kier molecular flexibility index (Phi) is 7.17. The van der Waals surface area contributed by atoms with E-state index in [9.17, 15) is 9.90 Å². The van der Waals surface area contributed by atoms with Gasteiger partial charge in [0.05, 0.1) is 18.2 Å². The number of ether oxygens (including phenoxy) is 1. The van der Waals surface area contributed by atoms with Gasteiger partial charge < -0.3 is 14.3 Å². The van der Waals surface area contributed by atoms with Crippen molar-refractivity contribution in [1.29, 1.82) is 0 Å². The van der Waals surface area contributed by atoms with Gasteiger partial charge in [0.1, 0.15) is 11.5 Å². The van der Waals surface area contributed by atoms with Gasteiger partial charge in [-0.25, -0.2) is 4.98 Å². The lowest BCUT2D eigenvalue weighted by Gasteiger charge is -2.20. The van der Waals surface area contributed by atoms with Crippen molar-refractivity contribution < 1.29 is 19.1 Å². The number of oxazole rings is 1. The van der Waals surface area contributed by atoms with E-state index in [1.807, 2.05) is 25.1 Å².